The Labute approximate surface area is 137 Å². The third kappa shape index (κ3) is 4.68. The molecule has 0 aliphatic carbocycles. The van der Waals surface area contributed by atoms with Gasteiger partial charge >= 0.3 is 0 Å². The van der Waals surface area contributed by atoms with Crippen LogP contribution in [-0.4, -0.2) is 11.8 Å². The maximum atomic E-state index is 13.0. The van der Waals surface area contributed by atoms with Crippen molar-refractivity contribution in [2.45, 2.75) is 6.54 Å². The molecule has 3 N–H and O–H groups in total. The fourth-order valence-corrected chi connectivity index (χ4v) is 1.89. The number of carbonyl (C=O) groups excluding carboxylic acids is 2. The van der Waals surface area contributed by atoms with Crippen LogP contribution in [-0.2, 0) is 11.3 Å². The average Bonchev–Trinajstić information content (AvgIpc) is 2.43. The van der Waals surface area contributed by atoms with Crippen molar-refractivity contribution < 1.29 is 31.0 Å². The van der Waals surface area contributed by atoms with E-state index in [0.717, 1.165) is 0 Å². The number of anilines is 1. The monoisotopic (exact) mass is 343 g/mol. The van der Waals surface area contributed by atoms with Crippen molar-refractivity contribution in [1.82, 2.24) is 0 Å². The minimum Gasteiger partial charge on any atom is -1.00 e. The van der Waals surface area contributed by atoms with E-state index in [-0.39, 0.29) is 29.9 Å². The van der Waals surface area contributed by atoms with Crippen LogP contribution >= 0.6 is 11.6 Å². The lowest BCUT2D eigenvalue weighted by Crippen LogP contribution is -3.00. The number of aromatic nitrogens is 1. The molecule has 2 amide bonds. The SMILES string of the molecule is NC(=O)c1ccc[n+](CC(=O)Nc2ccc(F)c(Cl)c2)c1.[Cl-]. The molecule has 116 valence electrons. The summed E-state index contributed by atoms with van der Waals surface area (Å²) in [6.45, 7) is -0.0177. The average molecular weight is 344 g/mol. The van der Waals surface area contributed by atoms with Crippen LogP contribution in [0.3, 0.4) is 0 Å². The number of primary amides is 1. The van der Waals surface area contributed by atoms with Gasteiger partial charge in [0.2, 0.25) is 6.54 Å². The quantitative estimate of drug-likeness (QED) is 0.663. The largest absolute Gasteiger partial charge is 1.00 e. The Morgan fingerprint density at radius 3 is 2.68 bits per heavy atom. The number of halogens is 3. The van der Waals surface area contributed by atoms with Crippen LogP contribution in [0.5, 0.6) is 0 Å². The first kappa shape index (κ1) is 17.9. The number of hydrogen-bond acceptors (Lipinski definition) is 2. The van der Waals surface area contributed by atoms with Gasteiger partial charge in [0, 0.05) is 11.8 Å². The lowest BCUT2D eigenvalue weighted by molar-refractivity contribution is -0.684. The summed E-state index contributed by atoms with van der Waals surface area (Å²) in [7, 11) is 0. The van der Waals surface area contributed by atoms with E-state index in [1.165, 1.54) is 29.0 Å². The second kappa shape index (κ2) is 7.72. The standard InChI is InChI=1S/C14H11ClFN3O2.ClH/c15-11-6-10(3-4-12(11)16)18-13(20)8-19-5-1-2-9(7-19)14(17)21;/h1-7H,8H2,(H2-,17,18,20,21);1H. The summed E-state index contributed by atoms with van der Waals surface area (Å²) in [6.07, 6.45) is 3.10. The van der Waals surface area contributed by atoms with Crippen LogP contribution in [0.1, 0.15) is 10.4 Å². The van der Waals surface area contributed by atoms with Gasteiger partial charge in [-0.2, -0.15) is 4.57 Å². The molecule has 8 heteroatoms. The van der Waals surface area contributed by atoms with Crippen LogP contribution in [0.4, 0.5) is 10.1 Å². The summed E-state index contributed by atoms with van der Waals surface area (Å²) in [5.41, 5.74) is 5.85. The minimum atomic E-state index is -0.574. The van der Waals surface area contributed by atoms with Gasteiger partial charge in [0.05, 0.1) is 5.02 Å². The Balaban J connectivity index is 0.00000242. The summed E-state index contributed by atoms with van der Waals surface area (Å²) in [5, 5.41) is 2.51. The molecule has 1 aromatic carbocycles. The summed E-state index contributed by atoms with van der Waals surface area (Å²) in [5.74, 6) is -1.47. The second-order valence-corrected chi connectivity index (χ2v) is 4.71. The summed E-state index contributed by atoms with van der Waals surface area (Å²) in [6, 6.07) is 7.06. The number of amides is 2. The zero-order valence-corrected chi connectivity index (χ0v) is 12.7. The fraction of sp³-hybridized carbons (Fsp3) is 0.0714. The van der Waals surface area contributed by atoms with Crippen molar-refractivity contribution in [3.05, 3.63) is 59.1 Å². The first-order valence-corrected chi connectivity index (χ1v) is 6.37. The van der Waals surface area contributed by atoms with Gasteiger partial charge in [-0.1, -0.05) is 11.6 Å². The number of nitrogens with one attached hydrogen (secondary N) is 1. The summed E-state index contributed by atoms with van der Waals surface area (Å²) >= 11 is 5.63. The van der Waals surface area contributed by atoms with E-state index < -0.39 is 11.7 Å². The highest BCUT2D eigenvalue weighted by molar-refractivity contribution is 6.31. The molecule has 0 aliphatic rings. The van der Waals surface area contributed by atoms with Crippen molar-refractivity contribution in [1.29, 1.82) is 0 Å². The van der Waals surface area contributed by atoms with Crippen molar-refractivity contribution >= 4 is 29.1 Å². The zero-order valence-electron chi connectivity index (χ0n) is 11.2. The van der Waals surface area contributed by atoms with Crippen LogP contribution < -0.4 is 28.0 Å². The van der Waals surface area contributed by atoms with Gasteiger partial charge in [-0.15, -0.1) is 0 Å². The van der Waals surface area contributed by atoms with Gasteiger partial charge in [0.1, 0.15) is 11.4 Å². The molecule has 1 aromatic heterocycles. The molecular formula is C14H12Cl2FN3O2. The number of hydrogen-bond donors (Lipinski definition) is 2. The van der Waals surface area contributed by atoms with E-state index in [1.54, 1.807) is 18.3 Å². The number of nitrogens with zero attached hydrogens (tertiary/aromatic N) is 1. The van der Waals surface area contributed by atoms with Crippen LogP contribution in [0.25, 0.3) is 0 Å². The number of carbonyl (C=O) groups is 2. The third-order valence-electron chi connectivity index (χ3n) is 2.67. The molecular weight excluding hydrogens is 332 g/mol. The van der Waals surface area contributed by atoms with Gasteiger partial charge in [-0.25, -0.2) is 4.39 Å². The highest BCUT2D eigenvalue weighted by Gasteiger charge is 2.12. The third-order valence-corrected chi connectivity index (χ3v) is 2.96. The normalized spacial score (nSPS) is 9.73. The van der Waals surface area contributed by atoms with Crippen molar-refractivity contribution in [2.75, 3.05) is 5.32 Å². The van der Waals surface area contributed by atoms with Crippen LogP contribution in [0.2, 0.25) is 5.02 Å². The Morgan fingerprint density at radius 1 is 1.32 bits per heavy atom. The number of pyridine rings is 1. The molecule has 0 atom stereocenters. The van der Waals surface area contributed by atoms with Crippen molar-refractivity contribution in [2.24, 2.45) is 5.73 Å². The fourth-order valence-electron chi connectivity index (χ4n) is 1.71. The number of benzene rings is 1. The second-order valence-electron chi connectivity index (χ2n) is 4.31. The minimum absolute atomic E-state index is 0. The molecule has 0 saturated heterocycles. The Morgan fingerprint density at radius 2 is 2.05 bits per heavy atom. The Bertz CT molecular complexity index is 710. The molecule has 1 heterocycles. The predicted molar refractivity (Wildman–Crippen MR) is 75.2 cm³/mol. The molecule has 0 bridgehead atoms. The van der Waals surface area contributed by atoms with Crippen LogP contribution in [0, 0.1) is 5.82 Å². The van der Waals surface area contributed by atoms with E-state index in [0.29, 0.717) is 11.3 Å². The lowest BCUT2D eigenvalue weighted by Gasteiger charge is -2.04. The maximum Gasteiger partial charge on any atom is 0.290 e. The molecule has 0 aliphatic heterocycles. The van der Waals surface area contributed by atoms with E-state index in [2.05, 4.69) is 5.32 Å². The molecule has 0 fully saturated rings. The van der Waals surface area contributed by atoms with E-state index >= 15 is 0 Å². The highest BCUT2D eigenvalue weighted by Crippen LogP contribution is 2.19. The molecule has 0 spiro atoms. The van der Waals surface area contributed by atoms with Crippen molar-refractivity contribution in [3.63, 3.8) is 0 Å². The smallest absolute Gasteiger partial charge is 0.290 e. The highest BCUT2D eigenvalue weighted by atomic mass is 35.5. The number of nitrogens with two attached hydrogens (primary N) is 1. The van der Waals surface area contributed by atoms with Gasteiger partial charge < -0.3 is 23.5 Å². The van der Waals surface area contributed by atoms with E-state index in [4.69, 9.17) is 17.3 Å². The first-order chi connectivity index (χ1) is 9.95. The molecule has 5 nitrogen and oxygen atoms in total. The number of rotatable bonds is 4. The van der Waals surface area contributed by atoms with Gasteiger partial charge in [0.15, 0.2) is 12.4 Å². The van der Waals surface area contributed by atoms with Crippen molar-refractivity contribution in [3.8, 4) is 0 Å². The predicted octanol–water partition coefficient (Wildman–Crippen LogP) is -1.49. The Hall–Kier alpha value is -2.18. The van der Waals surface area contributed by atoms with Gasteiger partial charge in [-0.05, 0) is 24.3 Å². The van der Waals surface area contributed by atoms with Crippen LogP contribution in [0.15, 0.2) is 42.7 Å². The molecule has 0 unspecified atom stereocenters. The zero-order chi connectivity index (χ0) is 15.4. The molecule has 2 aromatic rings. The first-order valence-electron chi connectivity index (χ1n) is 5.99. The summed E-state index contributed by atoms with van der Waals surface area (Å²) in [4.78, 5) is 22.9. The summed E-state index contributed by atoms with van der Waals surface area (Å²) < 4.78 is 14.5. The van der Waals surface area contributed by atoms with E-state index in [9.17, 15) is 14.0 Å². The topological polar surface area (TPSA) is 76.1 Å². The molecule has 0 saturated carbocycles. The molecule has 0 radical (unpaired) electrons. The maximum absolute atomic E-state index is 13.0. The van der Waals surface area contributed by atoms with Gasteiger partial charge in [0.25, 0.3) is 11.8 Å². The molecule has 2 rings (SSSR count). The van der Waals surface area contributed by atoms with Gasteiger partial charge in [-0.3, -0.25) is 9.59 Å². The lowest BCUT2D eigenvalue weighted by atomic mass is 10.2. The molecule has 22 heavy (non-hydrogen) atoms. The Kier molecular flexibility index (Phi) is 6.27. The van der Waals surface area contributed by atoms with E-state index in [1.807, 2.05) is 0 Å².